The Hall–Kier alpha value is -4.33. The Balaban J connectivity index is 1.51. The number of ketones is 1. The molecule has 1 aliphatic rings. The summed E-state index contributed by atoms with van der Waals surface area (Å²) in [5, 5.41) is 2.96. The number of benzene rings is 3. The first-order chi connectivity index (χ1) is 17.4. The molecule has 3 aromatic carbocycles. The first kappa shape index (κ1) is 24.8. The zero-order chi connectivity index (χ0) is 25.7. The summed E-state index contributed by atoms with van der Waals surface area (Å²) in [6.45, 7) is 3.12. The Morgan fingerprint density at radius 2 is 1.69 bits per heavy atom. The summed E-state index contributed by atoms with van der Waals surface area (Å²) >= 11 is 0. The summed E-state index contributed by atoms with van der Waals surface area (Å²) in [6.07, 6.45) is 0. The molecule has 0 saturated heterocycles. The van der Waals surface area contributed by atoms with Gasteiger partial charge in [0.05, 0.1) is 18.8 Å². The lowest BCUT2D eigenvalue weighted by Crippen LogP contribution is -2.51. The van der Waals surface area contributed by atoms with Gasteiger partial charge in [-0.25, -0.2) is 0 Å². The van der Waals surface area contributed by atoms with Gasteiger partial charge in [-0.3, -0.25) is 19.3 Å². The van der Waals surface area contributed by atoms with Crippen molar-refractivity contribution in [1.82, 2.24) is 5.32 Å². The number of carbonyl (C=O) groups excluding carboxylic acids is 3. The maximum Gasteiger partial charge on any atom is 0.265 e. The van der Waals surface area contributed by atoms with Gasteiger partial charge in [-0.2, -0.15) is 0 Å². The maximum atomic E-state index is 13.1. The third kappa shape index (κ3) is 5.33. The van der Waals surface area contributed by atoms with Crippen LogP contribution in [0.4, 0.5) is 5.69 Å². The number of hydrogen-bond acceptors (Lipinski definition) is 6. The highest BCUT2D eigenvalue weighted by Gasteiger charge is 2.34. The van der Waals surface area contributed by atoms with Crippen LogP contribution in [0.2, 0.25) is 0 Å². The number of nitrogens with one attached hydrogen (secondary N) is 1. The van der Waals surface area contributed by atoms with Crippen molar-refractivity contribution < 1.29 is 28.6 Å². The molecule has 1 aliphatic heterocycles. The minimum Gasteiger partial charge on any atom is -0.493 e. The van der Waals surface area contributed by atoms with Crippen molar-refractivity contribution in [2.24, 2.45) is 0 Å². The molecule has 0 unspecified atom stereocenters. The Bertz CT molecular complexity index is 1260. The third-order valence-corrected chi connectivity index (χ3v) is 6.01. The predicted molar refractivity (Wildman–Crippen MR) is 135 cm³/mol. The smallest absolute Gasteiger partial charge is 0.265 e. The van der Waals surface area contributed by atoms with Crippen LogP contribution in [0, 0.1) is 0 Å². The van der Waals surface area contributed by atoms with E-state index in [0.717, 1.165) is 5.56 Å². The first-order valence-electron chi connectivity index (χ1n) is 11.6. The highest BCUT2D eigenvalue weighted by molar-refractivity contribution is 6.06. The van der Waals surface area contributed by atoms with Gasteiger partial charge in [0, 0.05) is 5.56 Å². The van der Waals surface area contributed by atoms with Crippen molar-refractivity contribution in [2.45, 2.75) is 25.9 Å². The second-order valence-electron chi connectivity index (χ2n) is 8.41. The molecule has 0 spiro atoms. The predicted octanol–water partition coefficient (Wildman–Crippen LogP) is 3.95. The minimum absolute atomic E-state index is 0.191. The molecule has 0 radical (unpaired) electrons. The number of hydrogen-bond donors (Lipinski definition) is 1. The SMILES string of the molecule is COc1ccccc1OCC(=O)c1ccc2c(c1)N([C@H](C)C(=O)N[C@H](C)c1ccccc1)C(=O)CO2. The van der Waals surface area contributed by atoms with Crippen LogP contribution in [0.1, 0.15) is 35.8 Å². The van der Waals surface area contributed by atoms with Gasteiger partial charge in [0.15, 0.2) is 30.5 Å². The molecule has 3 aromatic rings. The van der Waals surface area contributed by atoms with Crippen molar-refractivity contribution in [3.8, 4) is 17.2 Å². The van der Waals surface area contributed by atoms with Gasteiger partial charge in [-0.05, 0) is 49.7 Å². The summed E-state index contributed by atoms with van der Waals surface area (Å²) in [5.74, 6) is 0.412. The molecule has 0 aliphatic carbocycles. The summed E-state index contributed by atoms with van der Waals surface area (Å²) in [4.78, 5) is 40.2. The van der Waals surface area contributed by atoms with Gasteiger partial charge in [0.25, 0.3) is 5.91 Å². The largest absolute Gasteiger partial charge is 0.493 e. The number of amides is 2. The molecule has 0 aromatic heterocycles. The van der Waals surface area contributed by atoms with E-state index in [1.165, 1.54) is 12.0 Å². The van der Waals surface area contributed by atoms with Gasteiger partial charge in [0.1, 0.15) is 11.8 Å². The van der Waals surface area contributed by atoms with Crippen molar-refractivity contribution in [2.75, 3.05) is 25.2 Å². The Labute approximate surface area is 209 Å². The number of nitrogens with zero attached hydrogens (tertiary/aromatic N) is 1. The fraction of sp³-hybridized carbons (Fsp3) is 0.250. The monoisotopic (exact) mass is 488 g/mol. The maximum absolute atomic E-state index is 13.1. The molecular weight excluding hydrogens is 460 g/mol. The van der Waals surface area contributed by atoms with E-state index >= 15 is 0 Å². The average Bonchev–Trinajstić information content (AvgIpc) is 2.91. The van der Waals surface area contributed by atoms with E-state index in [2.05, 4.69) is 5.32 Å². The molecule has 0 fully saturated rings. The number of methoxy groups -OCH3 is 1. The van der Waals surface area contributed by atoms with E-state index in [0.29, 0.717) is 28.5 Å². The van der Waals surface area contributed by atoms with E-state index < -0.39 is 6.04 Å². The van der Waals surface area contributed by atoms with Gasteiger partial charge >= 0.3 is 0 Å². The van der Waals surface area contributed by atoms with E-state index in [4.69, 9.17) is 14.2 Å². The molecule has 8 nitrogen and oxygen atoms in total. The average molecular weight is 489 g/mol. The molecule has 4 rings (SSSR count). The van der Waals surface area contributed by atoms with Gasteiger partial charge < -0.3 is 19.5 Å². The van der Waals surface area contributed by atoms with Gasteiger partial charge in [0.2, 0.25) is 5.91 Å². The number of rotatable bonds is 9. The second-order valence-corrected chi connectivity index (χ2v) is 8.41. The number of carbonyl (C=O) groups is 3. The summed E-state index contributed by atoms with van der Waals surface area (Å²) in [6, 6.07) is 20.4. The fourth-order valence-electron chi connectivity index (χ4n) is 4.01. The normalized spacial score (nSPS) is 14.2. The van der Waals surface area contributed by atoms with Crippen molar-refractivity contribution >= 4 is 23.3 Å². The Morgan fingerprint density at radius 1 is 1.00 bits per heavy atom. The summed E-state index contributed by atoms with van der Waals surface area (Å²) < 4.78 is 16.5. The van der Waals surface area contributed by atoms with Gasteiger partial charge in [-0.15, -0.1) is 0 Å². The number of anilines is 1. The molecule has 2 atom stereocenters. The number of para-hydroxylation sites is 2. The third-order valence-electron chi connectivity index (χ3n) is 6.01. The lowest BCUT2D eigenvalue weighted by atomic mass is 10.1. The molecule has 1 N–H and O–H groups in total. The van der Waals surface area contributed by atoms with Crippen molar-refractivity contribution in [3.63, 3.8) is 0 Å². The molecule has 186 valence electrons. The lowest BCUT2D eigenvalue weighted by Gasteiger charge is -2.34. The minimum atomic E-state index is -0.818. The van der Waals surface area contributed by atoms with E-state index in [-0.39, 0.29) is 36.9 Å². The summed E-state index contributed by atoms with van der Waals surface area (Å²) in [5.41, 5.74) is 1.65. The molecule has 2 amide bonds. The van der Waals surface area contributed by atoms with Crippen LogP contribution in [-0.4, -0.2) is 44.0 Å². The van der Waals surface area contributed by atoms with Crippen LogP contribution in [0.5, 0.6) is 17.2 Å². The van der Waals surface area contributed by atoms with Crippen LogP contribution in [0.3, 0.4) is 0 Å². The Morgan fingerprint density at radius 3 is 2.42 bits per heavy atom. The van der Waals surface area contributed by atoms with E-state index in [1.807, 2.05) is 37.3 Å². The molecule has 8 heteroatoms. The first-order valence-corrected chi connectivity index (χ1v) is 11.6. The van der Waals surface area contributed by atoms with Crippen LogP contribution >= 0.6 is 0 Å². The number of ether oxygens (including phenoxy) is 3. The molecule has 36 heavy (non-hydrogen) atoms. The van der Waals surface area contributed by atoms with Gasteiger partial charge in [-0.1, -0.05) is 42.5 Å². The van der Waals surface area contributed by atoms with Crippen LogP contribution in [0.25, 0.3) is 0 Å². The lowest BCUT2D eigenvalue weighted by molar-refractivity contribution is -0.127. The summed E-state index contributed by atoms with van der Waals surface area (Å²) in [7, 11) is 1.52. The fourth-order valence-corrected chi connectivity index (χ4v) is 4.01. The molecule has 1 heterocycles. The van der Waals surface area contributed by atoms with Crippen molar-refractivity contribution in [1.29, 1.82) is 0 Å². The van der Waals surface area contributed by atoms with E-state index in [1.54, 1.807) is 49.4 Å². The standard InChI is InChI=1S/C28H28N2O6/c1-18(20-9-5-4-6-10-20)29-28(33)19(2)30-22-15-21(13-14-24(22)36-17-27(30)32)23(31)16-35-26-12-8-7-11-25(26)34-3/h4-15,18-19H,16-17H2,1-3H3,(H,29,33)/t18-,19-/m1/s1. The number of fused-ring (bicyclic) bond motifs is 1. The van der Waals surface area contributed by atoms with Crippen molar-refractivity contribution in [3.05, 3.63) is 83.9 Å². The topological polar surface area (TPSA) is 94.2 Å². The van der Waals surface area contributed by atoms with Crippen LogP contribution in [-0.2, 0) is 9.59 Å². The second kappa shape index (κ2) is 10.9. The zero-order valence-corrected chi connectivity index (χ0v) is 20.4. The molecule has 0 bridgehead atoms. The van der Waals surface area contributed by atoms with Crippen LogP contribution < -0.4 is 24.4 Å². The highest BCUT2D eigenvalue weighted by atomic mass is 16.5. The van der Waals surface area contributed by atoms with E-state index in [9.17, 15) is 14.4 Å². The Kier molecular flexibility index (Phi) is 7.53. The molecular formula is C28H28N2O6. The quantitative estimate of drug-likeness (QED) is 0.459. The zero-order valence-electron chi connectivity index (χ0n) is 20.4. The molecule has 0 saturated carbocycles. The highest BCUT2D eigenvalue weighted by Crippen LogP contribution is 2.35. The van der Waals surface area contributed by atoms with Crippen LogP contribution in [0.15, 0.2) is 72.8 Å². The number of Topliss-reactive ketones (excluding diaryl/α,β-unsaturated/α-hetero) is 1.